The lowest BCUT2D eigenvalue weighted by atomic mass is 9.86. The van der Waals surface area contributed by atoms with Gasteiger partial charge < -0.3 is 16.0 Å². The highest BCUT2D eigenvalue weighted by Crippen LogP contribution is 2.44. The van der Waals surface area contributed by atoms with Crippen LogP contribution in [0.15, 0.2) is 54.0 Å². The van der Waals surface area contributed by atoms with Gasteiger partial charge in [-0.05, 0) is 60.5 Å². The lowest BCUT2D eigenvalue weighted by molar-refractivity contribution is -0.138. The summed E-state index contributed by atoms with van der Waals surface area (Å²) in [6, 6.07) is 14.0. The number of carbonyl (C=O) groups is 2. The smallest absolute Gasteiger partial charge is 0.257 e. The van der Waals surface area contributed by atoms with Crippen LogP contribution in [0.5, 0.6) is 0 Å². The first kappa shape index (κ1) is 21.3. The van der Waals surface area contributed by atoms with Crippen LogP contribution in [0.3, 0.4) is 0 Å². The van der Waals surface area contributed by atoms with Crippen molar-refractivity contribution in [2.75, 3.05) is 24.1 Å². The van der Waals surface area contributed by atoms with E-state index in [1.807, 2.05) is 40.6 Å². The second-order valence-electron chi connectivity index (χ2n) is 9.61. The van der Waals surface area contributed by atoms with Gasteiger partial charge in [0, 0.05) is 36.6 Å². The molecule has 34 heavy (non-hydrogen) atoms. The molecule has 3 fully saturated rings. The van der Waals surface area contributed by atoms with Gasteiger partial charge in [-0.3, -0.25) is 19.5 Å². The Kier molecular flexibility index (Phi) is 5.15. The van der Waals surface area contributed by atoms with Crippen molar-refractivity contribution in [1.29, 1.82) is 0 Å². The maximum atomic E-state index is 12.9. The van der Waals surface area contributed by atoms with Gasteiger partial charge in [0.2, 0.25) is 5.91 Å². The van der Waals surface area contributed by atoms with E-state index < -0.39 is 0 Å². The molecule has 0 radical (unpaired) electrons. The van der Waals surface area contributed by atoms with Crippen LogP contribution in [-0.4, -0.2) is 51.3 Å². The van der Waals surface area contributed by atoms with Crippen LogP contribution in [-0.2, 0) is 11.3 Å². The summed E-state index contributed by atoms with van der Waals surface area (Å²) in [5, 5.41) is 4.93. The van der Waals surface area contributed by atoms with Crippen molar-refractivity contribution in [3.63, 3.8) is 0 Å². The monoisotopic (exact) mass is 473 g/mol. The predicted octanol–water partition coefficient (Wildman–Crippen LogP) is 3.98. The quantitative estimate of drug-likeness (QED) is 0.529. The van der Waals surface area contributed by atoms with Crippen molar-refractivity contribution in [3.8, 4) is 10.4 Å². The number of benzene rings is 1. The van der Waals surface area contributed by atoms with Crippen molar-refractivity contribution in [1.82, 2.24) is 14.8 Å². The maximum absolute atomic E-state index is 12.9. The van der Waals surface area contributed by atoms with E-state index >= 15 is 0 Å². The number of rotatable bonds is 6. The number of anilines is 2. The van der Waals surface area contributed by atoms with Crippen molar-refractivity contribution >= 4 is 34.5 Å². The van der Waals surface area contributed by atoms with E-state index in [4.69, 9.17) is 5.73 Å². The van der Waals surface area contributed by atoms with E-state index in [1.165, 1.54) is 12.8 Å². The summed E-state index contributed by atoms with van der Waals surface area (Å²) in [6.45, 7) is 2.46. The van der Waals surface area contributed by atoms with Crippen LogP contribution in [0.25, 0.3) is 10.4 Å². The molecule has 2 aromatic heterocycles. The normalized spacial score (nSPS) is 19.4. The van der Waals surface area contributed by atoms with Crippen molar-refractivity contribution in [2.24, 2.45) is 0 Å². The average Bonchev–Trinajstić information content (AvgIpc) is 3.39. The van der Waals surface area contributed by atoms with Gasteiger partial charge in [-0.15, -0.1) is 11.3 Å². The van der Waals surface area contributed by atoms with E-state index in [0.29, 0.717) is 29.9 Å². The Hall–Kier alpha value is -3.23. The van der Waals surface area contributed by atoms with Gasteiger partial charge in [-0.2, -0.15) is 0 Å². The Morgan fingerprint density at radius 1 is 1.21 bits per heavy atom. The van der Waals surface area contributed by atoms with Crippen LogP contribution in [0.2, 0.25) is 0 Å². The van der Waals surface area contributed by atoms with Crippen LogP contribution >= 0.6 is 11.3 Å². The number of aromatic nitrogens is 1. The molecule has 4 heterocycles. The Balaban J connectivity index is 1.13. The Labute approximate surface area is 202 Å². The fourth-order valence-electron chi connectivity index (χ4n) is 5.14. The molecule has 174 valence electrons. The lowest BCUT2D eigenvalue weighted by Gasteiger charge is -2.53. The number of likely N-dealkylation sites (tertiary alicyclic amines) is 2. The van der Waals surface area contributed by atoms with Crippen molar-refractivity contribution in [3.05, 3.63) is 65.3 Å². The number of thiophene rings is 1. The third kappa shape index (κ3) is 3.86. The van der Waals surface area contributed by atoms with E-state index in [9.17, 15) is 9.59 Å². The molecule has 3 aromatic rings. The summed E-state index contributed by atoms with van der Waals surface area (Å²) in [5.74, 6) is -0.0537. The first-order valence-electron chi connectivity index (χ1n) is 11.7. The number of pyridine rings is 1. The van der Waals surface area contributed by atoms with Crippen LogP contribution in [0, 0.1) is 0 Å². The molecule has 1 saturated carbocycles. The molecule has 6 rings (SSSR count). The van der Waals surface area contributed by atoms with Gasteiger partial charge in [-0.25, -0.2) is 0 Å². The Bertz CT molecular complexity index is 1230. The summed E-state index contributed by atoms with van der Waals surface area (Å²) < 4.78 is 0. The first-order valence-corrected chi connectivity index (χ1v) is 12.6. The number of nitrogens with one attached hydrogen (secondary N) is 1. The van der Waals surface area contributed by atoms with E-state index in [2.05, 4.69) is 15.2 Å². The number of hydrogen-bond donors (Lipinski definition) is 2. The average molecular weight is 474 g/mol. The molecule has 1 aliphatic carbocycles. The molecular formula is C26H27N5O2S. The van der Waals surface area contributed by atoms with Gasteiger partial charge >= 0.3 is 0 Å². The minimum absolute atomic E-state index is 0.0253. The molecule has 8 heteroatoms. The molecule has 3 aliphatic rings. The molecule has 1 spiro atoms. The fourth-order valence-corrected chi connectivity index (χ4v) is 5.86. The zero-order valence-corrected chi connectivity index (χ0v) is 19.7. The Morgan fingerprint density at radius 3 is 2.76 bits per heavy atom. The third-order valence-corrected chi connectivity index (χ3v) is 8.17. The minimum atomic E-state index is -0.262. The predicted molar refractivity (Wildman–Crippen MR) is 133 cm³/mol. The molecule has 2 saturated heterocycles. The fraction of sp³-hybridized carbons (Fsp3) is 0.346. The number of carbonyl (C=O) groups excluding carboxylic acids is 2. The highest BCUT2D eigenvalue weighted by molar-refractivity contribution is 7.13. The summed E-state index contributed by atoms with van der Waals surface area (Å²) >= 11 is 1.64. The topological polar surface area (TPSA) is 91.6 Å². The molecular weight excluding hydrogens is 446 g/mol. The highest BCUT2D eigenvalue weighted by atomic mass is 32.1. The van der Waals surface area contributed by atoms with Gasteiger partial charge in [0.25, 0.3) is 5.91 Å². The SMILES string of the molecule is Nc1ccc(-c2cccs2)cc1NC(=O)c1ccc(CN2C(=O)CCC23CN(C2CC2)C3)nc1. The summed E-state index contributed by atoms with van der Waals surface area (Å²) in [7, 11) is 0. The van der Waals surface area contributed by atoms with Crippen molar-refractivity contribution in [2.45, 2.75) is 43.8 Å². The molecule has 2 aliphatic heterocycles. The standard InChI is InChI=1S/C26H27N5O2S/c27-21-8-4-17(23-2-1-11-34-23)12-22(21)29-25(33)18-3-5-19(28-13-18)14-31-24(32)9-10-26(31)15-30(16-26)20-6-7-20/h1-5,8,11-13,20H,6-7,9-10,14-16,27H2,(H,29,33). The zero-order chi connectivity index (χ0) is 23.3. The van der Waals surface area contributed by atoms with Gasteiger partial charge in [-0.1, -0.05) is 12.1 Å². The lowest BCUT2D eigenvalue weighted by Crippen LogP contribution is -2.68. The summed E-state index contributed by atoms with van der Waals surface area (Å²) in [5.41, 5.74) is 9.43. The Morgan fingerprint density at radius 2 is 2.06 bits per heavy atom. The summed E-state index contributed by atoms with van der Waals surface area (Å²) in [4.78, 5) is 35.6. The molecule has 3 N–H and O–H groups in total. The van der Waals surface area contributed by atoms with E-state index in [1.54, 1.807) is 29.7 Å². The second kappa shape index (κ2) is 8.21. The molecule has 0 unspecified atom stereocenters. The van der Waals surface area contributed by atoms with Gasteiger partial charge in [0.1, 0.15) is 0 Å². The first-order chi connectivity index (χ1) is 16.5. The van der Waals surface area contributed by atoms with E-state index in [0.717, 1.165) is 41.7 Å². The van der Waals surface area contributed by atoms with Crippen LogP contribution < -0.4 is 11.1 Å². The highest BCUT2D eigenvalue weighted by Gasteiger charge is 2.55. The zero-order valence-electron chi connectivity index (χ0n) is 18.9. The van der Waals surface area contributed by atoms with E-state index in [-0.39, 0.29) is 17.4 Å². The number of nitrogens with zero attached hydrogens (tertiary/aromatic N) is 3. The third-order valence-electron chi connectivity index (χ3n) is 7.25. The second-order valence-corrected chi connectivity index (χ2v) is 10.6. The van der Waals surface area contributed by atoms with Crippen LogP contribution in [0.1, 0.15) is 41.7 Å². The van der Waals surface area contributed by atoms with Gasteiger partial charge in [0.05, 0.1) is 34.7 Å². The molecule has 0 bridgehead atoms. The number of amides is 2. The maximum Gasteiger partial charge on any atom is 0.257 e. The largest absolute Gasteiger partial charge is 0.397 e. The summed E-state index contributed by atoms with van der Waals surface area (Å²) in [6.07, 6.45) is 5.71. The molecule has 7 nitrogen and oxygen atoms in total. The van der Waals surface area contributed by atoms with Crippen molar-refractivity contribution < 1.29 is 9.59 Å². The number of nitrogens with two attached hydrogens (primary N) is 1. The number of nitrogen functional groups attached to an aromatic ring is 1. The minimum Gasteiger partial charge on any atom is -0.397 e. The number of hydrogen-bond acceptors (Lipinski definition) is 6. The molecule has 1 aromatic carbocycles. The molecule has 2 amide bonds. The molecule has 0 atom stereocenters. The van der Waals surface area contributed by atoms with Gasteiger partial charge in [0.15, 0.2) is 0 Å². The van der Waals surface area contributed by atoms with Crippen LogP contribution in [0.4, 0.5) is 11.4 Å².